The lowest BCUT2D eigenvalue weighted by Gasteiger charge is -2.08. The van der Waals surface area contributed by atoms with Crippen LogP contribution in [-0.2, 0) is 6.42 Å². The third-order valence-corrected chi connectivity index (χ3v) is 2.26. The molecular formula is C13H17NO2. The van der Waals surface area contributed by atoms with Gasteiger partial charge in [-0.25, -0.2) is 4.98 Å². The first-order valence-corrected chi connectivity index (χ1v) is 5.33. The van der Waals surface area contributed by atoms with Crippen LogP contribution in [0.2, 0.25) is 0 Å². The van der Waals surface area contributed by atoms with E-state index in [-0.39, 0.29) is 6.10 Å². The molecule has 3 heteroatoms. The van der Waals surface area contributed by atoms with Gasteiger partial charge in [-0.3, -0.25) is 0 Å². The number of hydrogen-bond acceptors (Lipinski definition) is 3. The zero-order valence-electron chi connectivity index (χ0n) is 9.73. The molecule has 0 aliphatic carbocycles. The van der Waals surface area contributed by atoms with Crippen LogP contribution in [0.3, 0.4) is 0 Å². The van der Waals surface area contributed by atoms with Crippen LogP contribution in [0.25, 0.3) is 0 Å². The standard InChI is InChI=1S/C13H17NO2/c1-3-4-5-6-12(15)9-11-7-8-13(16-2)14-10-11/h7-8,10,12,15H,5-6,9H2,1-2H3. The van der Waals surface area contributed by atoms with Gasteiger partial charge in [0.15, 0.2) is 0 Å². The van der Waals surface area contributed by atoms with Gasteiger partial charge in [0.1, 0.15) is 0 Å². The van der Waals surface area contributed by atoms with Crippen molar-refractivity contribution in [3.63, 3.8) is 0 Å². The predicted molar refractivity (Wildman–Crippen MR) is 63.2 cm³/mol. The fraction of sp³-hybridized carbons (Fsp3) is 0.462. The van der Waals surface area contributed by atoms with Gasteiger partial charge in [0.2, 0.25) is 5.88 Å². The average molecular weight is 219 g/mol. The summed E-state index contributed by atoms with van der Waals surface area (Å²) in [6.45, 7) is 1.81. The molecule has 0 amide bonds. The zero-order valence-corrected chi connectivity index (χ0v) is 9.73. The lowest BCUT2D eigenvalue weighted by Crippen LogP contribution is -2.10. The van der Waals surface area contributed by atoms with E-state index in [1.807, 2.05) is 6.07 Å². The minimum Gasteiger partial charge on any atom is -0.481 e. The van der Waals surface area contributed by atoms with Crippen LogP contribution in [0.1, 0.15) is 25.3 Å². The van der Waals surface area contributed by atoms with Crippen LogP contribution >= 0.6 is 0 Å². The van der Waals surface area contributed by atoms with E-state index >= 15 is 0 Å². The lowest BCUT2D eigenvalue weighted by atomic mass is 10.1. The molecule has 0 aliphatic heterocycles. The van der Waals surface area contributed by atoms with Crippen molar-refractivity contribution in [3.05, 3.63) is 23.9 Å². The number of pyridine rings is 1. The summed E-state index contributed by atoms with van der Waals surface area (Å²) in [5.41, 5.74) is 1.01. The van der Waals surface area contributed by atoms with Crippen molar-refractivity contribution < 1.29 is 9.84 Å². The first-order valence-electron chi connectivity index (χ1n) is 5.33. The molecular weight excluding hydrogens is 202 g/mol. The molecule has 0 radical (unpaired) electrons. The summed E-state index contributed by atoms with van der Waals surface area (Å²) >= 11 is 0. The molecule has 0 spiro atoms. The molecule has 86 valence electrons. The second-order valence-corrected chi connectivity index (χ2v) is 3.53. The summed E-state index contributed by atoms with van der Waals surface area (Å²) in [4.78, 5) is 4.09. The molecule has 0 bridgehead atoms. The third kappa shape index (κ3) is 4.33. The summed E-state index contributed by atoms with van der Waals surface area (Å²) < 4.78 is 4.96. The van der Waals surface area contributed by atoms with Gasteiger partial charge in [-0.1, -0.05) is 6.07 Å². The Morgan fingerprint density at radius 3 is 2.88 bits per heavy atom. The smallest absolute Gasteiger partial charge is 0.212 e. The Bertz CT molecular complexity index is 362. The van der Waals surface area contributed by atoms with Gasteiger partial charge >= 0.3 is 0 Å². The molecule has 0 aliphatic rings. The Balaban J connectivity index is 2.42. The van der Waals surface area contributed by atoms with Gasteiger partial charge in [0.25, 0.3) is 0 Å². The highest BCUT2D eigenvalue weighted by Crippen LogP contribution is 2.10. The van der Waals surface area contributed by atoms with Gasteiger partial charge in [0, 0.05) is 18.7 Å². The molecule has 1 heterocycles. The van der Waals surface area contributed by atoms with E-state index < -0.39 is 0 Å². The van der Waals surface area contributed by atoms with Gasteiger partial charge in [-0.2, -0.15) is 0 Å². The molecule has 3 nitrogen and oxygen atoms in total. The summed E-state index contributed by atoms with van der Waals surface area (Å²) in [5.74, 6) is 6.34. The Hall–Kier alpha value is -1.53. The number of methoxy groups -OCH3 is 1. The van der Waals surface area contributed by atoms with Crippen molar-refractivity contribution >= 4 is 0 Å². The van der Waals surface area contributed by atoms with Crippen LogP contribution in [0.5, 0.6) is 5.88 Å². The van der Waals surface area contributed by atoms with Crippen molar-refractivity contribution in [2.45, 2.75) is 32.3 Å². The van der Waals surface area contributed by atoms with Crippen LogP contribution in [0, 0.1) is 11.8 Å². The maximum Gasteiger partial charge on any atom is 0.212 e. The van der Waals surface area contributed by atoms with E-state index in [2.05, 4.69) is 16.8 Å². The summed E-state index contributed by atoms with van der Waals surface area (Å²) in [7, 11) is 1.58. The molecule has 0 aromatic carbocycles. The molecule has 1 N–H and O–H groups in total. The third-order valence-electron chi connectivity index (χ3n) is 2.26. The molecule has 1 unspecified atom stereocenters. The van der Waals surface area contributed by atoms with E-state index in [1.54, 1.807) is 26.3 Å². The van der Waals surface area contributed by atoms with Gasteiger partial charge < -0.3 is 9.84 Å². The molecule has 0 fully saturated rings. The van der Waals surface area contributed by atoms with Crippen LogP contribution in [0.15, 0.2) is 18.3 Å². The highest BCUT2D eigenvalue weighted by Gasteiger charge is 2.05. The fourth-order valence-electron chi connectivity index (χ4n) is 1.39. The number of nitrogens with zero attached hydrogens (tertiary/aromatic N) is 1. The summed E-state index contributed by atoms with van der Waals surface area (Å²) in [5, 5.41) is 9.73. The lowest BCUT2D eigenvalue weighted by molar-refractivity contribution is 0.166. The first-order chi connectivity index (χ1) is 7.76. The van der Waals surface area contributed by atoms with Gasteiger partial charge in [0.05, 0.1) is 13.2 Å². The maximum absolute atomic E-state index is 9.73. The zero-order chi connectivity index (χ0) is 11.8. The minimum absolute atomic E-state index is 0.351. The van der Waals surface area contributed by atoms with Crippen LogP contribution in [0.4, 0.5) is 0 Å². The number of aromatic nitrogens is 1. The van der Waals surface area contributed by atoms with E-state index in [0.29, 0.717) is 18.7 Å². The van der Waals surface area contributed by atoms with Crippen molar-refractivity contribution in [2.75, 3.05) is 7.11 Å². The average Bonchev–Trinajstić information content (AvgIpc) is 2.30. The van der Waals surface area contributed by atoms with E-state index in [1.165, 1.54) is 0 Å². The van der Waals surface area contributed by atoms with Crippen molar-refractivity contribution in [1.82, 2.24) is 4.98 Å². The van der Waals surface area contributed by atoms with Crippen LogP contribution in [-0.4, -0.2) is 23.3 Å². The maximum atomic E-state index is 9.73. The highest BCUT2D eigenvalue weighted by atomic mass is 16.5. The quantitative estimate of drug-likeness (QED) is 0.768. The molecule has 1 aromatic heterocycles. The second-order valence-electron chi connectivity index (χ2n) is 3.53. The Morgan fingerprint density at radius 1 is 1.50 bits per heavy atom. The minimum atomic E-state index is -0.351. The number of aliphatic hydroxyl groups is 1. The second kappa shape index (κ2) is 6.86. The normalized spacial score (nSPS) is 11.4. The molecule has 0 saturated carbocycles. The van der Waals surface area contributed by atoms with Crippen molar-refractivity contribution in [3.8, 4) is 17.7 Å². The van der Waals surface area contributed by atoms with Crippen molar-refractivity contribution in [1.29, 1.82) is 0 Å². The van der Waals surface area contributed by atoms with E-state index in [9.17, 15) is 5.11 Å². The Labute approximate surface area is 96.5 Å². The number of hydrogen-bond donors (Lipinski definition) is 1. The summed E-state index contributed by atoms with van der Waals surface area (Å²) in [6.07, 6.45) is 3.43. The van der Waals surface area contributed by atoms with E-state index in [4.69, 9.17) is 4.74 Å². The molecule has 1 aromatic rings. The topological polar surface area (TPSA) is 42.4 Å². The monoisotopic (exact) mass is 219 g/mol. The Kier molecular flexibility index (Phi) is 5.38. The molecule has 1 rings (SSSR count). The van der Waals surface area contributed by atoms with Gasteiger partial charge in [-0.05, 0) is 25.3 Å². The number of aliphatic hydroxyl groups excluding tert-OH is 1. The number of ether oxygens (including phenoxy) is 1. The highest BCUT2D eigenvalue weighted by molar-refractivity contribution is 5.18. The summed E-state index contributed by atoms with van der Waals surface area (Å²) in [6, 6.07) is 3.72. The van der Waals surface area contributed by atoms with Gasteiger partial charge in [-0.15, -0.1) is 11.8 Å². The Morgan fingerprint density at radius 2 is 2.31 bits per heavy atom. The van der Waals surface area contributed by atoms with Crippen LogP contribution < -0.4 is 4.74 Å². The SMILES string of the molecule is CC#CCCC(O)Cc1ccc(OC)nc1. The molecule has 16 heavy (non-hydrogen) atoms. The predicted octanol–water partition coefficient (Wildman–Crippen LogP) is 1.80. The molecule has 1 atom stereocenters. The van der Waals surface area contributed by atoms with E-state index in [0.717, 1.165) is 12.0 Å². The largest absolute Gasteiger partial charge is 0.481 e. The molecule has 0 saturated heterocycles. The fourth-order valence-corrected chi connectivity index (χ4v) is 1.39. The first kappa shape index (κ1) is 12.5. The van der Waals surface area contributed by atoms with Crippen molar-refractivity contribution in [2.24, 2.45) is 0 Å². The number of rotatable bonds is 5.